The highest BCUT2D eigenvalue weighted by molar-refractivity contribution is 9.09. The summed E-state index contributed by atoms with van der Waals surface area (Å²) in [5, 5.41) is 3.68. The van der Waals surface area contributed by atoms with Crippen LogP contribution in [0.25, 0.3) is 0 Å². The van der Waals surface area contributed by atoms with Crippen LogP contribution in [0.3, 0.4) is 0 Å². The molecule has 0 aromatic heterocycles. The third kappa shape index (κ3) is 3.96. The summed E-state index contributed by atoms with van der Waals surface area (Å²) in [6, 6.07) is 0. The summed E-state index contributed by atoms with van der Waals surface area (Å²) in [4.78, 5) is 11.3. The van der Waals surface area contributed by atoms with Crippen molar-refractivity contribution < 1.29 is 9.53 Å². The molecule has 1 N–H and O–H groups in total. The van der Waals surface area contributed by atoms with Crippen LogP contribution in [0.2, 0.25) is 0 Å². The molecule has 0 saturated heterocycles. The lowest BCUT2D eigenvalue weighted by Gasteiger charge is -2.34. The second-order valence-corrected chi connectivity index (χ2v) is 4.45. The van der Waals surface area contributed by atoms with Crippen molar-refractivity contribution in [2.45, 2.75) is 32.3 Å². The van der Waals surface area contributed by atoms with Gasteiger partial charge in [-0.1, -0.05) is 15.9 Å². The molecule has 0 radical (unpaired) electrons. The molecule has 1 saturated carbocycles. The number of ether oxygens (including phenoxy) is 1. The van der Waals surface area contributed by atoms with Crippen molar-refractivity contribution in [1.29, 1.82) is 0 Å². The number of carbonyl (C=O) groups is 1. The molecule has 4 heteroatoms. The number of amides is 1. The number of hydrogen-bond donors (Lipinski definition) is 1. The molecule has 0 atom stereocenters. The Hall–Kier alpha value is -0.0900. The van der Waals surface area contributed by atoms with Gasteiger partial charge in [-0.3, -0.25) is 4.79 Å². The fourth-order valence-corrected chi connectivity index (χ4v) is 1.93. The van der Waals surface area contributed by atoms with Crippen LogP contribution < -0.4 is 5.32 Å². The van der Waals surface area contributed by atoms with Gasteiger partial charge in [-0.2, -0.15) is 0 Å². The quantitative estimate of drug-likeness (QED) is 0.741. The van der Waals surface area contributed by atoms with Crippen LogP contribution in [0.4, 0.5) is 0 Å². The first-order chi connectivity index (χ1) is 6.76. The molecule has 0 bridgehead atoms. The maximum absolute atomic E-state index is 11.3. The van der Waals surface area contributed by atoms with Crippen molar-refractivity contribution in [2.24, 2.45) is 5.92 Å². The van der Waals surface area contributed by atoms with Crippen LogP contribution in [0.5, 0.6) is 0 Å². The predicted molar refractivity (Wildman–Crippen MR) is 59.6 cm³/mol. The summed E-state index contributed by atoms with van der Waals surface area (Å²) in [6.07, 6.45) is 3.18. The number of hydrogen-bond acceptors (Lipinski definition) is 2. The molecule has 1 aliphatic carbocycles. The maximum atomic E-state index is 11.3. The smallest absolute Gasteiger partial charge is 0.220 e. The molecular weight excluding hydrogens is 246 g/mol. The van der Waals surface area contributed by atoms with Gasteiger partial charge in [-0.15, -0.1) is 0 Å². The Bertz CT molecular complexity index is 181. The monoisotopic (exact) mass is 263 g/mol. The first-order valence-electron chi connectivity index (χ1n) is 5.20. The van der Waals surface area contributed by atoms with Crippen molar-refractivity contribution in [3.63, 3.8) is 0 Å². The van der Waals surface area contributed by atoms with Crippen molar-refractivity contribution in [1.82, 2.24) is 5.32 Å². The Kier molecular flexibility index (Phi) is 5.48. The Morgan fingerprint density at radius 2 is 2.29 bits per heavy atom. The van der Waals surface area contributed by atoms with E-state index in [9.17, 15) is 4.79 Å². The maximum Gasteiger partial charge on any atom is 0.220 e. The van der Waals surface area contributed by atoms with E-state index in [1.807, 2.05) is 6.92 Å². The molecule has 82 valence electrons. The standard InChI is InChI=1S/C10H18BrNO2/c1-2-14-9-5-8(6-9)7-10(13)12-4-3-11/h8-9H,2-7H2,1H3,(H,12,13). The van der Waals surface area contributed by atoms with Gasteiger partial charge in [0.25, 0.3) is 0 Å². The normalized spacial score (nSPS) is 25.6. The summed E-state index contributed by atoms with van der Waals surface area (Å²) in [7, 11) is 0. The van der Waals surface area contributed by atoms with Gasteiger partial charge in [0.15, 0.2) is 0 Å². The zero-order valence-corrected chi connectivity index (χ0v) is 10.2. The Balaban J connectivity index is 2.01. The van der Waals surface area contributed by atoms with Crippen LogP contribution in [-0.2, 0) is 9.53 Å². The lowest BCUT2D eigenvalue weighted by Crippen LogP contribution is -2.36. The van der Waals surface area contributed by atoms with Gasteiger partial charge < -0.3 is 10.1 Å². The number of halogens is 1. The van der Waals surface area contributed by atoms with Gasteiger partial charge >= 0.3 is 0 Å². The summed E-state index contributed by atoms with van der Waals surface area (Å²) >= 11 is 3.27. The minimum absolute atomic E-state index is 0.171. The summed E-state index contributed by atoms with van der Waals surface area (Å²) < 4.78 is 5.43. The minimum Gasteiger partial charge on any atom is -0.378 e. The van der Waals surface area contributed by atoms with Gasteiger partial charge in [0.2, 0.25) is 5.91 Å². The molecule has 0 heterocycles. The highest BCUT2D eigenvalue weighted by Crippen LogP contribution is 2.32. The minimum atomic E-state index is 0.171. The average Bonchev–Trinajstić information content (AvgIpc) is 2.11. The molecule has 0 aliphatic heterocycles. The number of alkyl halides is 1. The fourth-order valence-electron chi connectivity index (χ4n) is 1.73. The van der Waals surface area contributed by atoms with E-state index in [0.717, 1.165) is 31.3 Å². The van der Waals surface area contributed by atoms with Gasteiger partial charge in [-0.05, 0) is 25.7 Å². The second kappa shape index (κ2) is 6.40. The van der Waals surface area contributed by atoms with Crippen LogP contribution in [0.1, 0.15) is 26.2 Å². The van der Waals surface area contributed by atoms with Crippen molar-refractivity contribution in [2.75, 3.05) is 18.5 Å². The van der Waals surface area contributed by atoms with E-state index in [-0.39, 0.29) is 5.91 Å². The SMILES string of the molecule is CCOC1CC(CC(=O)NCCBr)C1. The summed E-state index contributed by atoms with van der Waals surface area (Å²) in [5.41, 5.74) is 0. The molecule has 0 unspecified atom stereocenters. The molecule has 1 aliphatic rings. The molecule has 3 nitrogen and oxygen atoms in total. The van der Waals surface area contributed by atoms with Crippen LogP contribution in [-0.4, -0.2) is 30.5 Å². The van der Waals surface area contributed by atoms with E-state index in [0.29, 0.717) is 18.4 Å². The third-order valence-electron chi connectivity index (χ3n) is 2.49. The topological polar surface area (TPSA) is 38.3 Å². The second-order valence-electron chi connectivity index (χ2n) is 3.66. The average molecular weight is 264 g/mol. The van der Waals surface area contributed by atoms with Crippen molar-refractivity contribution >= 4 is 21.8 Å². The Morgan fingerprint density at radius 1 is 1.57 bits per heavy atom. The molecule has 0 aromatic rings. The zero-order chi connectivity index (χ0) is 10.4. The van der Waals surface area contributed by atoms with E-state index >= 15 is 0 Å². The van der Waals surface area contributed by atoms with Crippen LogP contribution in [0.15, 0.2) is 0 Å². The number of nitrogens with one attached hydrogen (secondary N) is 1. The predicted octanol–water partition coefficient (Wildman–Crippen LogP) is 1.70. The van der Waals surface area contributed by atoms with Crippen LogP contribution in [0, 0.1) is 5.92 Å². The highest BCUT2D eigenvalue weighted by Gasteiger charge is 2.30. The van der Waals surface area contributed by atoms with E-state index in [2.05, 4.69) is 21.2 Å². The van der Waals surface area contributed by atoms with Gasteiger partial charge in [-0.25, -0.2) is 0 Å². The fraction of sp³-hybridized carbons (Fsp3) is 0.900. The molecule has 0 spiro atoms. The molecule has 1 rings (SSSR count). The first-order valence-corrected chi connectivity index (χ1v) is 6.32. The lowest BCUT2D eigenvalue weighted by molar-refractivity contribution is -0.124. The Labute approximate surface area is 93.7 Å². The molecule has 1 fully saturated rings. The number of rotatable bonds is 6. The largest absolute Gasteiger partial charge is 0.378 e. The molecular formula is C10H18BrNO2. The summed E-state index contributed by atoms with van der Waals surface area (Å²) in [6.45, 7) is 3.52. The van der Waals surface area contributed by atoms with E-state index in [1.54, 1.807) is 0 Å². The molecule has 14 heavy (non-hydrogen) atoms. The summed E-state index contributed by atoms with van der Waals surface area (Å²) in [5.74, 6) is 0.714. The molecule has 1 amide bonds. The van der Waals surface area contributed by atoms with E-state index in [1.165, 1.54) is 0 Å². The Morgan fingerprint density at radius 3 is 2.86 bits per heavy atom. The lowest BCUT2D eigenvalue weighted by atomic mass is 9.80. The highest BCUT2D eigenvalue weighted by atomic mass is 79.9. The first kappa shape index (κ1) is 12.0. The van der Waals surface area contributed by atoms with Crippen molar-refractivity contribution in [3.8, 4) is 0 Å². The molecule has 0 aromatic carbocycles. The third-order valence-corrected chi connectivity index (χ3v) is 2.88. The van der Waals surface area contributed by atoms with Gasteiger partial charge in [0.05, 0.1) is 6.10 Å². The van der Waals surface area contributed by atoms with E-state index in [4.69, 9.17) is 4.74 Å². The van der Waals surface area contributed by atoms with Gasteiger partial charge in [0, 0.05) is 24.9 Å². The number of carbonyl (C=O) groups excluding carboxylic acids is 1. The zero-order valence-electron chi connectivity index (χ0n) is 8.59. The van der Waals surface area contributed by atoms with Crippen LogP contribution >= 0.6 is 15.9 Å². The van der Waals surface area contributed by atoms with E-state index < -0.39 is 0 Å². The van der Waals surface area contributed by atoms with Crippen molar-refractivity contribution in [3.05, 3.63) is 0 Å². The van der Waals surface area contributed by atoms with Gasteiger partial charge in [0.1, 0.15) is 0 Å².